The Balaban J connectivity index is 1.62. The van der Waals surface area contributed by atoms with Gasteiger partial charge in [0.15, 0.2) is 0 Å². The summed E-state index contributed by atoms with van der Waals surface area (Å²) in [5.41, 5.74) is 4.25. The van der Waals surface area contributed by atoms with E-state index in [1.165, 1.54) is 11.6 Å². The van der Waals surface area contributed by atoms with Crippen LogP contribution in [0.1, 0.15) is 11.4 Å². The lowest BCUT2D eigenvalue weighted by Crippen LogP contribution is -2.14. The molecule has 1 aromatic heterocycles. The smallest absolute Gasteiger partial charge is 0.267 e. The van der Waals surface area contributed by atoms with Crippen LogP contribution in [-0.4, -0.2) is 21.1 Å². The summed E-state index contributed by atoms with van der Waals surface area (Å²) in [6, 6.07) is 15.0. The van der Waals surface area contributed by atoms with Crippen LogP contribution in [0.3, 0.4) is 0 Å². The number of H-pyrrole nitrogens is 1. The van der Waals surface area contributed by atoms with Crippen LogP contribution in [0.2, 0.25) is 0 Å². The van der Waals surface area contributed by atoms with Crippen molar-refractivity contribution < 1.29 is 14.7 Å². The van der Waals surface area contributed by atoms with E-state index in [2.05, 4.69) is 9.97 Å². The zero-order chi connectivity index (χ0) is 16.1. The van der Waals surface area contributed by atoms with Crippen LogP contribution in [0.5, 0.6) is 5.75 Å². The number of carbonyl (C=O) groups excluding carboxylic acids is 1. The number of amides is 1. The van der Waals surface area contributed by atoms with Crippen molar-refractivity contribution in [3.63, 3.8) is 0 Å². The average Bonchev–Trinajstić information content (AvgIpc) is 3.01. The second-order valence-corrected chi connectivity index (χ2v) is 4.87. The predicted molar refractivity (Wildman–Crippen MR) is 85.8 cm³/mol. The molecule has 0 aliphatic carbocycles. The number of aromatic amines is 1. The monoisotopic (exact) mass is 309 g/mol. The Kier molecular flexibility index (Phi) is 4.35. The summed E-state index contributed by atoms with van der Waals surface area (Å²) in [6.45, 7) is 0.344. The van der Waals surface area contributed by atoms with Crippen LogP contribution in [0.4, 0.5) is 0 Å². The van der Waals surface area contributed by atoms with Gasteiger partial charge in [-0.25, -0.2) is 10.5 Å². The first-order valence-electron chi connectivity index (χ1n) is 7.03. The minimum atomic E-state index is -0.574. The van der Waals surface area contributed by atoms with Gasteiger partial charge in [0.2, 0.25) is 0 Å². The summed E-state index contributed by atoms with van der Waals surface area (Å²) in [5.74, 6) is 0.888. The van der Waals surface area contributed by atoms with E-state index in [0.29, 0.717) is 12.4 Å². The van der Waals surface area contributed by atoms with Gasteiger partial charge in [0.05, 0.1) is 11.0 Å². The quantitative estimate of drug-likeness (QED) is 0.384. The highest BCUT2D eigenvalue weighted by Crippen LogP contribution is 2.16. The van der Waals surface area contributed by atoms with E-state index in [4.69, 9.17) is 9.94 Å². The Bertz CT molecular complexity index is 805. The molecular weight excluding hydrogens is 294 g/mol. The van der Waals surface area contributed by atoms with Crippen molar-refractivity contribution in [1.29, 1.82) is 0 Å². The van der Waals surface area contributed by atoms with Crippen molar-refractivity contribution in [3.05, 3.63) is 66.0 Å². The number of aromatic nitrogens is 2. The number of benzene rings is 2. The van der Waals surface area contributed by atoms with Gasteiger partial charge >= 0.3 is 0 Å². The summed E-state index contributed by atoms with van der Waals surface area (Å²) in [5, 5.41) is 8.41. The van der Waals surface area contributed by atoms with Gasteiger partial charge in [0.1, 0.15) is 18.2 Å². The molecule has 0 saturated carbocycles. The first-order valence-corrected chi connectivity index (χ1v) is 7.03. The van der Waals surface area contributed by atoms with Crippen LogP contribution < -0.4 is 10.2 Å². The number of imidazole rings is 1. The minimum absolute atomic E-state index is 0.344. The van der Waals surface area contributed by atoms with Gasteiger partial charge in [0, 0.05) is 6.08 Å². The van der Waals surface area contributed by atoms with Gasteiger partial charge in [-0.1, -0.05) is 24.3 Å². The molecule has 0 fully saturated rings. The number of rotatable bonds is 5. The second-order valence-electron chi connectivity index (χ2n) is 4.87. The van der Waals surface area contributed by atoms with Crippen molar-refractivity contribution in [1.82, 2.24) is 15.4 Å². The zero-order valence-electron chi connectivity index (χ0n) is 12.2. The summed E-state index contributed by atoms with van der Waals surface area (Å²) in [4.78, 5) is 18.5. The largest absolute Gasteiger partial charge is 0.486 e. The average molecular weight is 309 g/mol. The topological polar surface area (TPSA) is 87.2 Å². The lowest BCUT2D eigenvalue weighted by atomic mass is 10.2. The molecule has 3 rings (SSSR count). The Morgan fingerprint density at radius 3 is 2.74 bits per heavy atom. The predicted octanol–water partition coefficient (Wildman–Crippen LogP) is 2.66. The lowest BCUT2D eigenvalue weighted by Gasteiger charge is -2.04. The van der Waals surface area contributed by atoms with E-state index in [-0.39, 0.29) is 0 Å². The van der Waals surface area contributed by atoms with Crippen LogP contribution in [0, 0.1) is 0 Å². The SMILES string of the molecule is O=C(C=Cc1ccc(OCc2nc3ccccc3[nH]2)cc1)NO. The summed E-state index contributed by atoms with van der Waals surface area (Å²) < 4.78 is 5.69. The molecule has 0 aliphatic heterocycles. The molecule has 0 spiro atoms. The molecule has 116 valence electrons. The number of hydrogen-bond donors (Lipinski definition) is 3. The van der Waals surface area contributed by atoms with Crippen molar-refractivity contribution in [2.45, 2.75) is 6.61 Å². The third kappa shape index (κ3) is 3.75. The maximum absolute atomic E-state index is 10.9. The summed E-state index contributed by atoms with van der Waals surface area (Å²) in [6.07, 6.45) is 2.83. The third-order valence-electron chi connectivity index (χ3n) is 3.23. The molecular formula is C17H15N3O3. The normalized spacial score (nSPS) is 11.0. The molecule has 0 aliphatic rings. The van der Waals surface area contributed by atoms with Crippen molar-refractivity contribution >= 4 is 23.0 Å². The van der Waals surface area contributed by atoms with E-state index >= 15 is 0 Å². The highest BCUT2D eigenvalue weighted by atomic mass is 16.5. The number of hydroxylamine groups is 1. The molecule has 6 nitrogen and oxygen atoms in total. The van der Waals surface area contributed by atoms with E-state index < -0.39 is 5.91 Å². The Morgan fingerprint density at radius 1 is 1.22 bits per heavy atom. The van der Waals surface area contributed by atoms with Crippen LogP contribution >= 0.6 is 0 Å². The maximum Gasteiger partial charge on any atom is 0.267 e. The van der Waals surface area contributed by atoms with Gasteiger partial charge in [-0.15, -0.1) is 0 Å². The van der Waals surface area contributed by atoms with Crippen molar-refractivity contribution in [2.24, 2.45) is 0 Å². The fraction of sp³-hybridized carbons (Fsp3) is 0.0588. The highest BCUT2D eigenvalue weighted by molar-refractivity contribution is 5.90. The van der Waals surface area contributed by atoms with Gasteiger partial charge in [-0.2, -0.15) is 0 Å². The van der Waals surface area contributed by atoms with E-state index in [1.807, 2.05) is 36.4 Å². The molecule has 2 aromatic carbocycles. The molecule has 3 N–H and O–H groups in total. The molecule has 0 bridgehead atoms. The number of para-hydroxylation sites is 2. The first-order chi connectivity index (χ1) is 11.2. The maximum atomic E-state index is 10.9. The minimum Gasteiger partial charge on any atom is -0.486 e. The fourth-order valence-electron chi connectivity index (χ4n) is 2.11. The summed E-state index contributed by atoms with van der Waals surface area (Å²) in [7, 11) is 0. The standard InChI is InChI=1S/C17H15N3O3/c21-17(20-22)10-7-12-5-8-13(9-6-12)23-11-16-18-14-3-1-2-4-15(14)19-16/h1-10,22H,11H2,(H,18,19)(H,20,21). The van der Waals surface area contributed by atoms with Crippen molar-refractivity contribution in [3.8, 4) is 5.75 Å². The second kappa shape index (κ2) is 6.76. The number of nitrogens with one attached hydrogen (secondary N) is 2. The zero-order valence-corrected chi connectivity index (χ0v) is 12.2. The van der Waals surface area contributed by atoms with Crippen LogP contribution in [0.25, 0.3) is 17.1 Å². The van der Waals surface area contributed by atoms with Crippen LogP contribution in [-0.2, 0) is 11.4 Å². The van der Waals surface area contributed by atoms with Gasteiger partial charge in [-0.3, -0.25) is 10.0 Å². The van der Waals surface area contributed by atoms with Gasteiger partial charge in [0.25, 0.3) is 5.91 Å². The number of nitrogens with zero attached hydrogens (tertiary/aromatic N) is 1. The number of carbonyl (C=O) groups is 1. The van der Waals surface area contributed by atoms with Crippen molar-refractivity contribution in [2.75, 3.05) is 0 Å². The number of hydrogen-bond acceptors (Lipinski definition) is 4. The first kappa shape index (κ1) is 14.8. The molecule has 0 radical (unpaired) electrons. The fourth-order valence-corrected chi connectivity index (χ4v) is 2.11. The van der Waals surface area contributed by atoms with E-state index in [0.717, 1.165) is 22.4 Å². The highest BCUT2D eigenvalue weighted by Gasteiger charge is 2.02. The van der Waals surface area contributed by atoms with Gasteiger partial charge in [-0.05, 0) is 35.9 Å². The van der Waals surface area contributed by atoms with Gasteiger partial charge < -0.3 is 9.72 Å². The molecule has 1 amide bonds. The lowest BCUT2D eigenvalue weighted by molar-refractivity contribution is -0.124. The van der Waals surface area contributed by atoms with E-state index in [9.17, 15) is 4.79 Å². The number of ether oxygens (including phenoxy) is 1. The molecule has 0 saturated heterocycles. The van der Waals surface area contributed by atoms with Crippen LogP contribution in [0.15, 0.2) is 54.6 Å². The Morgan fingerprint density at radius 2 is 2.00 bits per heavy atom. The number of fused-ring (bicyclic) bond motifs is 1. The molecule has 3 aromatic rings. The molecule has 0 atom stereocenters. The molecule has 0 unspecified atom stereocenters. The Hall–Kier alpha value is -3.12. The summed E-state index contributed by atoms with van der Waals surface area (Å²) >= 11 is 0. The Labute approximate surface area is 132 Å². The molecule has 6 heteroatoms. The van der Waals surface area contributed by atoms with E-state index in [1.54, 1.807) is 18.2 Å². The third-order valence-corrected chi connectivity index (χ3v) is 3.23. The molecule has 23 heavy (non-hydrogen) atoms. The molecule has 1 heterocycles.